The van der Waals surface area contributed by atoms with Gasteiger partial charge in [0.1, 0.15) is 15.6 Å². The second kappa shape index (κ2) is 6.42. The second-order valence-corrected chi connectivity index (χ2v) is 5.78. The first-order valence-corrected chi connectivity index (χ1v) is 7.78. The fourth-order valence-corrected chi connectivity index (χ4v) is 3.16. The van der Waals surface area contributed by atoms with Gasteiger partial charge in [0.15, 0.2) is 5.75 Å². The maximum absolute atomic E-state index is 12.2. The molecule has 0 saturated carbocycles. The lowest BCUT2D eigenvalue weighted by molar-refractivity contribution is 0.392. The van der Waals surface area contributed by atoms with Gasteiger partial charge in [-0.05, 0) is 21.5 Å². The van der Waals surface area contributed by atoms with Crippen LogP contribution in [0.2, 0.25) is 0 Å². The molecule has 0 aliphatic heterocycles. The third-order valence-electron chi connectivity index (χ3n) is 3.62. The van der Waals surface area contributed by atoms with Crippen molar-refractivity contribution in [2.75, 3.05) is 14.2 Å². The van der Waals surface area contributed by atoms with E-state index >= 15 is 0 Å². The van der Waals surface area contributed by atoms with Gasteiger partial charge in [0.2, 0.25) is 0 Å². The van der Waals surface area contributed by atoms with Crippen molar-refractivity contribution in [3.05, 3.63) is 63.1 Å². The molecule has 0 bridgehead atoms. The third kappa shape index (κ3) is 2.82. The molecule has 0 saturated heterocycles. The Balaban J connectivity index is 2.28. The number of fused-ring (bicyclic) bond motifs is 1. The minimum atomic E-state index is -0.329. The van der Waals surface area contributed by atoms with Crippen LogP contribution in [0.4, 0.5) is 0 Å². The van der Waals surface area contributed by atoms with Crippen molar-refractivity contribution in [3.8, 4) is 11.5 Å². The van der Waals surface area contributed by atoms with Crippen LogP contribution in [-0.2, 0) is 6.54 Å². The van der Waals surface area contributed by atoms with Crippen LogP contribution in [0, 0.1) is 0 Å². The van der Waals surface area contributed by atoms with Crippen LogP contribution in [0.5, 0.6) is 11.5 Å². The highest BCUT2D eigenvalue weighted by Crippen LogP contribution is 2.39. The first-order chi connectivity index (χ1) is 11.2. The third-order valence-corrected chi connectivity index (χ3v) is 4.38. The largest absolute Gasteiger partial charge is 0.495 e. The van der Waals surface area contributed by atoms with Crippen molar-refractivity contribution < 1.29 is 9.47 Å². The summed E-state index contributed by atoms with van der Waals surface area (Å²) in [5.41, 5.74) is 1.50. The molecule has 0 aliphatic rings. The first-order valence-electron chi connectivity index (χ1n) is 6.99. The predicted octanol–water partition coefficient (Wildman–Crippen LogP) is 3.22. The molecule has 5 nitrogen and oxygen atoms in total. The van der Waals surface area contributed by atoms with Crippen LogP contribution >= 0.6 is 15.9 Å². The van der Waals surface area contributed by atoms with Crippen LogP contribution in [0.15, 0.2) is 52.0 Å². The number of halogens is 1. The van der Waals surface area contributed by atoms with Crippen molar-refractivity contribution in [2.45, 2.75) is 6.54 Å². The zero-order valence-corrected chi connectivity index (χ0v) is 14.3. The summed E-state index contributed by atoms with van der Waals surface area (Å²) in [4.78, 5) is 16.2. The Labute approximate surface area is 141 Å². The molecule has 3 aromatic rings. The van der Waals surface area contributed by atoms with Gasteiger partial charge >= 0.3 is 0 Å². The fourth-order valence-electron chi connectivity index (χ4n) is 2.53. The number of nitrogens with zero attached hydrogens (tertiary/aromatic N) is 2. The molecule has 23 heavy (non-hydrogen) atoms. The van der Waals surface area contributed by atoms with Crippen molar-refractivity contribution >= 4 is 26.8 Å². The highest BCUT2D eigenvalue weighted by Gasteiger charge is 2.18. The topological polar surface area (TPSA) is 53.4 Å². The minimum Gasteiger partial charge on any atom is -0.495 e. The molecule has 1 heterocycles. The van der Waals surface area contributed by atoms with E-state index in [1.807, 2.05) is 41.0 Å². The van der Waals surface area contributed by atoms with E-state index in [0.717, 1.165) is 5.56 Å². The highest BCUT2D eigenvalue weighted by atomic mass is 79.9. The Morgan fingerprint density at radius 2 is 1.91 bits per heavy atom. The quantitative estimate of drug-likeness (QED) is 0.703. The molecule has 6 heteroatoms. The van der Waals surface area contributed by atoms with Crippen LogP contribution in [0.3, 0.4) is 0 Å². The molecule has 2 aromatic carbocycles. The Kier molecular flexibility index (Phi) is 4.34. The monoisotopic (exact) mass is 374 g/mol. The standard InChI is InChI=1S/C17H15BrN2O3/c1-22-13-8-12-14(16(23-2)15(13)18)17(21)19-10-20(12)9-11-6-4-3-5-7-11/h3-8,10H,9H2,1-2H3. The Morgan fingerprint density at radius 3 is 2.57 bits per heavy atom. The number of rotatable bonds is 4. The SMILES string of the molecule is COc1cc2c(c(OC)c1Br)c(=O)ncn2Cc1ccccc1. The molecule has 3 rings (SSSR count). The van der Waals surface area contributed by atoms with E-state index in [2.05, 4.69) is 20.9 Å². The molecule has 0 aliphatic carbocycles. The van der Waals surface area contributed by atoms with Gasteiger partial charge in [0, 0.05) is 12.6 Å². The van der Waals surface area contributed by atoms with Gasteiger partial charge in [-0.2, -0.15) is 4.98 Å². The molecule has 0 radical (unpaired) electrons. The minimum absolute atomic E-state index is 0.329. The number of hydrogen-bond donors (Lipinski definition) is 0. The van der Waals surface area contributed by atoms with Gasteiger partial charge in [-0.15, -0.1) is 0 Å². The fraction of sp³-hybridized carbons (Fsp3) is 0.176. The Hall–Kier alpha value is -2.34. The summed E-state index contributed by atoms with van der Waals surface area (Å²) in [7, 11) is 3.10. The van der Waals surface area contributed by atoms with Gasteiger partial charge in [0.25, 0.3) is 5.56 Å². The summed E-state index contributed by atoms with van der Waals surface area (Å²) >= 11 is 3.42. The van der Waals surface area contributed by atoms with Crippen molar-refractivity contribution in [3.63, 3.8) is 0 Å². The van der Waals surface area contributed by atoms with E-state index in [-0.39, 0.29) is 5.56 Å². The molecular formula is C17H15BrN2O3. The average Bonchev–Trinajstić information content (AvgIpc) is 2.58. The number of benzene rings is 2. The second-order valence-electron chi connectivity index (χ2n) is 4.98. The molecule has 0 atom stereocenters. The zero-order chi connectivity index (χ0) is 16.4. The molecule has 118 valence electrons. The lowest BCUT2D eigenvalue weighted by Gasteiger charge is -2.15. The maximum Gasteiger partial charge on any atom is 0.284 e. The number of ether oxygens (including phenoxy) is 2. The Morgan fingerprint density at radius 1 is 1.17 bits per heavy atom. The van der Waals surface area contributed by atoms with Gasteiger partial charge in [-0.25, -0.2) is 0 Å². The molecule has 0 unspecified atom stereocenters. The zero-order valence-electron chi connectivity index (χ0n) is 12.7. The van der Waals surface area contributed by atoms with E-state index in [9.17, 15) is 4.79 Å². The molecule has 1 aromatic heterocycles. The first kappa shape index (κ1) is 15.6. The van der Waals surface area contributed by atoms with Gasteiger partial charge in [-0.1, -0.05) is 30.3 Å². The smallest absolute Gasteiger partial charge is 0.284 e. The van der Waals surface area contributed by atoms with E-state index in [4.69, 9.17) is 9.47 Å². The van der Waals surface area contributed by atoms with Crippen molar-refractivity contribution in [2.24, 2.45) is 0 Å². The van der Waals surface area contributed by atoms with E-state index in [1.54, 1.807) is 13.4 Å². The summed E-state index contributed by atoms with van der Waals surface area (Å²) in [6, 6.07) is 11.8. The molecule has 0 spiro atoms. The van der Waals surface area contributed by atoms with Gasteiger partial charge < -0.3 is 14.0 Å². The summed E-state index contributed by atoms with van der Waals surface area (Å²) in [6.07, 6.45) is 1.55. The Bertz CT molecular complexity index is 907. The summed E-state index contributed by atoms with van der Waals surface area (Å²) in [5.74, 6) is 1.03. The molecule has 0 amide bonds. The van der Waals surface area contributed by atoms with Crippen LogP contribution in [0.25, 0.3) is 10.9 Å². The number of methoxy groups -OCH3 is 2. The number of aromatic nitrogens is 2. The predicted molar refractivity (Wildman–Crippen MR) is 92.4 cm³/mol. The molecule has 0 N–H and O–H groups in total. The summed E-state index contributed by atoms with van der Waals surface area (Å²) in [6.45, 7) is 0.596. The maximum atomic E-state index is 12.2. The lowest BCUT2D eigenvalue weighted by Crippen LogP contribution is -2.14. The van der Waals surface area contributed by atoms with Crippen molar-refractivity contribution in [1.82, 2.24) is 9.55 Å². The van der Waals surface area contributed by atoms with E-state index < -0.39 is 0 Å². The van der Waals surface area contributed by atoms with Gasteiger partial charge in [-0.3, -0.25) is 4.79 Å². The van der Waals surface area contributed by atoms with Crippen LogP contribution < -0.4 is 15.0 Å². The van der Waals surface area contributed by atoms with E-state index in [0.29, 0.717) is 33.4 Å². The van der Waals surface area contributed by atoms with Crippen LogP contribution in [-0.4, -0.2) is 23.8 Å². The number of hydrogen-bond acceptors (Lipinski definition) is 4. The van der Waals surface area contributed by atoms with Gasteiger partial charge in [0.05, 0.1) is 26.1 Å². The highest BCUT2D eigenvalue weighted by molar-refractivity contribution is 9.10. The normalized spacial score (nSPS) is 10.7. The molecular weight excluding hydrogens is 360 g/mol. The summed E-state index contributed by atoms with van der Waals surface area (Å²) in [5, 5.41) is 0.429. The van der Waals surface area contributed by atoms with Crippen LogP contribution in [0.1, 0.15) is 5.56 Å². The van der Waals surface area contributed by atoms with E-state index in [1.165, 1.54) is 7.11 Å². The molecule has 0 fully saturated rings. The lowest BCUT2D eigenvalue weighted by atomic mass is 10.2. The average molecular weight is 375 g/mol. The summed E-state index contributed by atoms with van der Waals surface area (Å²) < 4.78 is 13.3. The van der Waals surface area contributed by atoms with Crippen molar-refractivity contribution in [1.29, 1.82) is 0 Å².